The molecule has 6 heteroatoms. The molecule has 0 unspecified atom stereocenters. The zero-order valence-corrected chi connectivity index (χ0v) is 9.00. The first-order chi connectivity index (χ1) is 7.18. The van der Waals surface area contributed by atoms with Crippen LogP contribution in [0.5, 0.6) is 0 Å². The molecule has 0 saturated carbocycles. The minimum absolute atomic E-state index is 0.00444. The summed E-state index contributed by atoms with van der Waals surface area (Å²) >= 11 is 0. The molecule has 0 radical (unpaired) electrons. The molecule has 5 nitrogen and oxygen atoms in total. The summed E-state index contributed by atoms with van der Waals surface area (Å²) in [4.78, 5) is 4.01. The van der Waals surface area contributed by atoms with Crippen molar-refractivity contribution in [2.75, 3.05) is 13.1 Å². The van der Waals surface area contributed by atoms with Crippen molar-refractivity contribution < 1.29 is 8.42 Å². The van der Waals surface area contributed by atoms with Crippen LogP contribution in [0.2, 0.25) is 0 Å². The van der Waals surface area contributed by atoms with Crippen molar-refractivity contribution in [3.8, 4) is 0 Å². The minimum atomic E-state index is -3.40. The average molecular weight is 227 g/mol. The second-order valence-corrected chi connectivity index (χ2v) is 5.21. The average Bonchev–Trinajstić information content (AvgIpc) is 2.71. The third kappa shape index (κ3) is 2.53. The van der Waals surface area contributed by atoms with E-state index in [4.69, 9.17) is 0 Å². The van der Waals surface area contributed by atoms with E-state index < -0.39 is 10.0 Å². The normalized spacial score (nSPS) is 21.7. The molecule has 2 N–H and O–H groups in total. The van der Waals surface area contributed by atoms with Gasteiger partial charge in [-0.1, -0.05) is 0 Å². The molecule has 0 aromatic carbocycles. The molecule has 1 atom stereocenters. The van der Waals surface area contributed by atoms with Gasteiger partial charge in [-0.3, -0.25) is 4.98 Å². The van der Waals surface area contributed by atoms with Crippen molar-refractivity contribution in [1.82, 2.24) is 15.0 Å². The fourth-order valence-corrected chi connectivity index (χ4v) is 2.78. The SMILES string of the molecule is O=S(=O)(N[C@H]1CCNC1)c1cccnc1. The lowest BCUT2D eigenvalue weighted by Crippen LogP contribution is -2.36. The van der Waals surface area contributed by atoms with E-state index >= 15 is 0 Å². The maximum Gasteiger partial charge on any atom is 0.242 e. The molecule has 1 saturated heterocycles. The highest BCUT2D eigenvalue weighted by Gasteiger charge is 2.22. The van der Waals surface area contributed by atoms with Crippen LogP contribution in [0.3, 0.4) is 0 Å². The first-order valence-corrected chi connectivity index (χ1v) is 6.30. The Kier molecular flexibility index (Phi) is 2.99. The van der Waals surface area contributed by atoms with Gasteiger partial charge in [-0.05, 0) is 25.1 Å². The molecule has 82 valence electrons. The van der Waals surface area contributed by atoms with Crippen molar-refractivity contribution in [2.45, 2.75) is 17.4 Å². The number of rotatable bonds is 3. The fraction of sp³-hybridized carbons (Fsp3) is 0.444. The van der Waals surface area contributed by atoms with Gasteiger partial charge in [0.15, 0.2) is 0 Å². The molecule has 1 aliphatic rings. The fourth-order valence-electron chi connectivity index (χ4n) is 1.55. The van der Waals surface area contributed by atoms with Crippen LogP contribution in [0.15, 0.2) is 29.4 Å². The zero-order chi connectivity index (χ0) is 10.7. The van der Waals surface area contributed by atoms with E-state index in [-0.39, 0.29) is 10.9 Å². The van der Waals surface area contributed by atoms with Crippen LogP contribution in [0.4, 0.5) is 0 Å². The predicted octanol–water partition coefficient (Wildman–Crippen LogP) is -0.278. The summed E-state index contributed by atoms with van der Waals surface area (Å²) in [5, 5.41) is 3.10. The van der Waals surface area contributed by atoms with Crippen molar-refractivity contribution in [1.29, 1.82) is 0 Å². The van der Waals surface area contributed by atoms with Gasteiger partial charge >= 0.3 is 0 Å². The Morgan fingerprint density at radius 1 is 1.53 bits per heavy atom. The predicted molar refractivity (Wildman–Crippen MR) is 55.8 cm³/mol. The molecule has 1 fully saturated rings. The Hall–Kier alpha value is -0.980. The Balaban J connectivity index is 2.13. The standard InChI is InChI=1S/C9H13N3O2S/c13-15(14,9-2-1-4-10-7-9)12-8-3-5-11-6-8/h1-2,4,7-8,11-12H,3,5-6H2/t8-/m0/s1. The van der Waals surface area contributed by atoms with Crippen LogP contribution in [0.25, 0.3) is 0 Å². The maximum atomic E-state index is 11.8. The number of nitrogens with one attached hydrogen (secondary N) is 2. The topological polar surface area (TPSA) is 71.1 Å². The number of nitrogens with zero attached hydrogens (tertiary/aromatic N) is 1. The first-order valence-electron chi connectivity index (χ1n) is 4.81. The highest BCUT2D eigenvalue weighted by atomic mass is 32.2. The second-order valence-electron chi connectivity index (χ2n) is 3.50. The van der Waals surface area contributed by atoms with Crippen molar-refractivity contribution in [3.05, 3.63) is 24.5 Å². The van der Waals surface area contributed by atoms with Crippen LogP contribution in [0, 0.1) is 0 Å². The van der Waals surface area contributed by atoms with Gasteiger partial charge in [0.25, 0.3) is 0 Å². The molecular formula is C9H13N3O2S. The van der Waals surface area contributed by atoms with Crippen molar-refractivity contribution >= 4 is 10.0 Å². The molecular weight excluding hydrogens is 214 g/mol. The van der Waals surface area contributed by atoms with E-state index in [0.29, 0.717) is 6.54 Å². The van der Waals surface area contributed by atoms with E-state index in [1.807, 2.05) is 0 Å². The molecule has 0 amide bonds. The Bertz CT molecular complexity index is 412. The molecule has 2 heterocycles. The Morgan fingerprint density at radius 3 is 3.00 bits per heavy atom. The molecule has 0 bridgehead atoms. The summed E-state index contributed by atoms with van der Waals surface area (Å²) < 4.78 is 26.3. The summed E-state index contributed by atoms with van der Waals surface area (Å²) in [6.45, 7) is 1.56. The molecule has 0 aliphatic carbocycles. The molecule has 0 spiro atoms. The largest absolute Gasteiger partial charge is 0.315 e. The van der Waals surface area contributed by atoms with Crippen molar-refractivity contribution in [3.63, 3.8) is 0 Å². The lowest BCUT2D eigenvalue weighted by molar-refractivity contribution is 0.560. The van der Waals surface area contributed by atoms with Gasteiger partial charge < -0.3 is 5.32 Å². The van der Waals surface area contributed by atoms with Crippen LogP contribution in [0.1, 0.15) is 6.42 Å². The lowest BCUT2D eigenvalue weighted by Gasteiger charge is -2.11. The number of sulfonamides is 1. The van der Waals surface area contributed by atoms with Crippen molar-refractivity contribution in [2.24, 2.45) is 0 Å². The number of hydrogen-bond donors (Lipinski definition) is 2. The Morgan fingerprint density at radius 2 is 2.40 bits per heavy atom. The number of pyridine rings is 1. The van der Waals surface area contributed by atoms with Gasteiger partial charge in [0, 0.05) is 25.0 Å². The minimum Gasteiger partial charge on any atom is -0.315 e. The van der Waals surface area contributed by atoms with Crippen LogP contribution >= 0.6 is 0 Å². The summed E-state index contributed by atoms with van der Waals surface area (Å²) in [6, 6.07) is 3.15. The summed E-state index contributed by atoms with van der Waals surface area (Å²) in [6.07, 6.45) is 3.74. The van der Waals surface area contributed by atoms with Crippen LogP contribution in [-0.2, 0) is 10.0 Å². The van der Waals surface area contributed by atoms with Crippen LogP contribution in [-0.4, -0.2) is 32.5 Å². The summed E-state index contributed by atoms with van der Waals surface area (Å²) in [7, 11) is -3.40. The molecule has 1 aliphatic heterocycles. The van der Waals surface area contributed by atoms with Gasteiger partial charge in [0.1, 0.15) is 4.90 Å². The first kappa shape index (κ1) is 10.5. The van der Waals surface area contributed by atoms with E-state index in [9.17, 15) is 8.42 Å². The van der Waals surface area contributed by atoms with E-state index in [1.54, 1.807) is 12.3 Å². The molecule has 1 aromatic heterocycles. The van der Waals surface area contributed by atoms with Gasteiger partial charge in [-0.15, -0.1) is 0 Å². The monoisotopic (exact) mass is 227 g/mol. The quantitative estimate of drug-likeness (QED) is 0.745. The van der Waals surface area contributed by atoms with Gasteiger partial charge in [-0.2, -0.15) is 0 Å². The maximum absolute atomic E-state index is 11.8. The van der Waals surface area contributed by atoms with Gasteiger partial charge in [0.05, 0.1) is 0 Å². The second kappa shape index (κ2) is 4.26. The van der Waals surface area contributed by atoms with Gasteiger partial charge in [-0.25, -0.2) is 13.1 Å². The Labute approximate surface area is 89.0 Å². The summed E-state index contributed by atoms with van der Waals surface area (Å²) in [5.41, 5.74) is 0. The van der Waals surface area contributed by atoms with Crippen LogP contribution < -0.4 is 10.0 Å². The third-order valence-electron chi connectivity index (χ3n) is 2.33. The zero-order valence-electron chi connectivity index (χ0n) is 8.18. The highest BCUT2D eigenvalue weighted by Crippen LogP contribution is 2.08. The molecule has 1 aromatic rings. The summed E-state index contributed by atoms with van der Waals surface area (Å²) in [5.74, 6) is 0. The highest BCUT2D eigenvalue weighted by molar-refractivity contribution is 7.89. The smallest absolute Gasteiger partial charge is 0.242 e. The number of hydrogen-bond acceptors (Lipinski definition) is 4. The molecule has 2 rings (SSSR count). The molecule has 15 heavy (non-hydrogen) atoms. The van der Waals surface area contributed by atoms with E-state index in [0.717, 1.165) is 13.0 Å². The van der Waals surface area contributed by atoms with Gasteiger partial charge in [0.2, 0.25) is 10.0 Å². The van der Waals surface area contributed by atoms with E-state index in [1.165, 1.54) is 12.3 Å². The number of aromatic nitrogens is 1. The third-order valence-corrected chi connectivity index (χ3v) is 3.83. The lowest BCUT2D eigenvalue weighted by atomic mass is 10.3. The van der Waals surface area contributed by atoms with E-state index in [2.05, 4.69) is 15.0 Å².